The fraction of sp³-hybridized carbons (Fsp3) is 0.306. The van der Waals surface area contributed by atoms with Crippen molar-refractivity contribution >= 4 is 34.1 Å². The lowest BCUT2D eigenvalue weighted by atomic mass is 9.87. The molecule has 2 amide bonds. The number of likely N-dealkylation sites (tertiary alicyclic amines) is 1. The van der Waals surface area contributed by atoms with Gasteiger partial charge in [0.05, 0.1) is 29.8 Å². The molecule has 5 aromatic rings. The second-order valence-electron chi connectivity index (χ2n) is 12.5. The molecule has 1 unspecified atom stereocenters. The molecule has 11 nitrogen and oxygen atoms in total. The van der Waals surface area contributed by atoms with Gasteiger partial charge in [-0.05, 0) is 61.5 Å². The van der Waals surface area contributed by atoms with Crippen LogP contribution in [-0.2, 0) is 14.3 Å². The lowest BCUT2D eigenvalue weighted by Crippen LogP contribution is -2.51. The number of anilines is 2. The molecule has 2 saturated heterocycles. The fourth-order valence-corrected chi connectivity index (χ4v) is 6.75. The van der Waals surface area contributed by atoms with Crippen LogP contribution in [0.25, 0.3) is 33.4 Å². The van der Waals surface area contributed by atoms with Gasteiger partial charge in [0.1, 0.15) is 5.69 Å². The number of piperazine rings is 1. The average molecular weight is 649 g/mol. The molecule has 2 aromatic carbocycles. The van der Waals surface area contributed by atoms with Crippen molar-refractivity contribution in [1.82, 2.24) is 30.0 Å². The molecule has 12 heteroatoms. The predicted molar refractivity (Wildman–Crippen MR) is 182 cm³/mol. The smallest absolute Gasteiger partial charge is 0.236 e. The van der Waals surface area contributed by atoms with Gasteiger partial charge < -0.3 is 19.9 Å². The van der Waals surface area contributed by atoms with Crippen LogP contribution in [0.5, 0.6) is 0 Å². The van der Waals surface area contributed by atoms with Crippen molar-refractivity contribution in [2.75, 3.05) is 69.7 Å². The lowest BCUT2D eigenvalue weighted by molar-refractivity contribution is -0.133. The van der Waals surface area contributed by atoms with E-state index in [2.05, 4.69) is 59.5 Å². The zero-order chi connectivity index (χ0) is 33.1. The highest BCUT2D eigenvalue weighted by atomic mass is 19.1. The number of nitrogens with one attached hydrogen (secondary N) is 2. The summed E-state index contributed by atoms with van der Waals surface area (Å²) in [7, 11) is 1.59. The molecule has 0 aliphatic carbocycles. The Morgan fingerprint density at radius 1 is 0.938 bits per heavy atom. The van der Waals surface area contributed by atoms with Gasteiger partial charge in [-0.3, -0.25) is 24.6 Å². The number of carbonyl (C=O) groups excluding carboxylic acids is 2. The number of benzene rings is 2. The first-order valence-corrected chi connectivity index (χ1v) is 16.1. The summed E-state index contributed by atoms with van der Waals surface area (Å²) in [6.45, 7) is 4.31. The summed E-state index contributed by atoms with van der Waals surface area (Å²) in [6, 6.07) is 22.8. The SMILES string of the molecule is COCC1(C(=O)Nc2ccc3[nH]nc(-c4ccnc(F)c4)c3c2)CCN(CC(=O)N2CCN(c3ccc(-c4ccccn4)cc3)CC2)C1. The van der Waals surface area contributed by atoms with Gasteiger partial charge in [-0.25, -0.2) is 4.98 Å². The summed E-state index contributed by atoms with van der Waals surface area (Å²) >= 11 is 0. The number of halogens is 1. The minimum atomic E-state index is -0.808. The Morgan fingerprint density at radius 3 is 2.52 bits per heavy atom. The highest BCUT2D eigenvalue weighted by molar-refractivity contribution is 6.00. The van der Waals surface area contributed by atoms with Gasteiger partial charge in [-0.1, -0.05) is 18.2 Å². The zero-order valence-corrected chi connectivity index (χ0v) is 26.7. The lowest BCUT2D eigenvalue weighted by Gasteiger charge is -2.37. The number of aromatic nitrogens is 4. The third-order valence-corrected chi connectivity index (χ3v) is 9.34. The quantitative estimate of drug-likeness (QED) is 0.225. The average Bonchev–Trinajstić information content (AvgIpc) is 3.73. The fourth-order valence-electron chi connectivity index (χ4n) is 6.75. The number of rotatable bonds is 9. The Kier molecular flexibility index (Phi) is 8.83. The molecule has 0 saturated carbocycles. The van der Waals surface area contributed by atoms with Crippen LogP contribution in [0.3, 0.4) is 0 Å². The second-order valence-corrected chi connectivity index (χ2v) is 12.5. The molecule has 0 bridgehead atoms. The normalized spacial score (nSPS) is 18.4. The van der Waals surface area contributed by atoms with E-state index in [1.807, 2.05) is 35.2 Å². The molecule has 2 aliphatic heterocycles. The number of ether oxygens (including phenoxy) is 1. The van der Waals surface area contributed by atoms with Gasteiger partial charge in [0, 0.05) is 86.2 Å². The van der Waals surface area contributed by atoms with E-state index in [4.69, 9.17) is 4.74 Å². The van der Waals surface area contributed by atoms with Crippen molar-refractivity contribution in [3.05, 3.63) is 91.1 Å². The third-order valence-electron chi connectivity index (χ3n) is 9.34. The van der Waals surface area contributed by atoms with E-state index < -0.39 is 11.4 Å². The van der Waals surface area contributed by atoms with Crippen molar-refractivity contribution in [3.63, 3.8) is 0 Å². The number of amides is 2. The van der Waals surface area contributed by atoms with Crippen LogP contribution in [0.2, 0.25) is 0 Å². The zero-order valence-electron chi connectivity index (χ0n) is 26.7. The maximum absolute atomic E-state index is 13.8. The van der Waals surface area contributed by atoms with Crippen molar-refractivity contribution < 1.29 is 18.7 Å². The molecule has 48 heavy (non-hydrogen) atoms. The first-order chi connectivity index (χ1) is 23.4. The second kappa shape index (κ2) is 13.5. The Morgan fingerprint density at radius 2 is 1.77 bits per heavy atom. The Balaban J connectivity index is 0.955. The Bertz CT molecular complexity index is 1910. The summed E-state index contributed by atoms with van der Waals surface area (Å²) in [6.07, 6.45) is 3.76. The van der Waals surface area contributed by atoms with Crippen molar-refractivity contribution in [1.29, 1.82) is 0 Å². The molecular weight excluding hydrogens is 611 g/mol. The molecule has 0 radical (unpaired) electrons. The molecular formula is C36H37FN8O3. The highest BCUT2D eigenvalue weighted by Crippen LogP contribution is 2.34. The van der Waals surface area contributed by atoms with Crippen LogP contribution in [0.15, 0.2) is 85.2 Å². The van der Waals surface area contributed by atoms with Crippen LogP contribution in [0.1, 0.15) is 6.42 Å². The number of fused-ring (bicyclic) bond motifs is 1. The molecule has 2 aliphatic rings. The number of pyridine rings is 2. The van der Waals surface area contributed by atoms with Crippen LogP contribution in [-0.4, -0.2) is 101 Å². The summed E-state index contributed by atoms with van der Waals surface area (Å²) in [5.74, 6) is -0.690. The minimum Gasteiger partial charge on any atom is -0.384 e. The standard InChI is InChI=1S/C36H37FN8O3/c1-48-24-36(35(47)40-27-7-10-31-29(21-27)34(42-41-31)26-11-14-39-32(37)20-26)12-15-43(23-36)22-33(46)45-18-16-44(17-19-45)28-8-5-25(6-9-28)30-4-2-3-13-38-30/h2-11,13-14,20-21H,12,15-19,22-24H2,1H3,(H,40,47)(H,41,42). The molecule has 3 aromatic heterocycles. The number of methoxy groups -OCH3 is 1. The van der Waals surface area contributed by atoms with Crippen LogP contribution >= 0.6 is 0 Å². The van der Waals surface area contributed by atoms with Crippen molar-refractivity contribution in [3.8, 4) is 22.5 Å². The maximum Gasteiger partial charge on any atom is 0.236 e. The summed E-state index contributed by atoms with van der Waals surface area (Å²) < 4.78 is 19.3. The number of hydrogen-bond acceptors (Lipinski definition) is 8. The van der Waals surface area contributed by atoms with Crippen LogP contribution in [0, 0.1) is 11.4 Å². The number of H-pyrrole nitrogens is 1. The summed E-state index contributed by atoms with van der Waals surface area (Å²) in [5, 5.41) is 11.1. The number of hydrogen-bond donors (Lipinski definition) is 2. The van der Waals surface area contributed by atoms with Gasteiger partial charge in [0.15, 0.2) is 0 Å². The Labute approximate surface area is 277 Å². The number of aromatic amines is 1. The van der Waals surface area contributed by atoms with Crippen LogP contribution in [0.4, 0.5) is 15.8 Å². The van der Waals surface area contributed by atoms with Gasteiger partial charge in [-0.15, -0.1) is 0 Å². The van der Waals surface area contributed by atoms with Crippen molar-refractivity contribution in [2.24, 2.45) is 5.41 Å². The number of carbonyl (C=O) groups is 2. The minimum absolute atomic E-state index is 0.0688. The van der Waals surface area contributed by atoms with E-state index in [1.54, 1.807) is 25.4 Å². The topological polar surface area (TPSA) is 120 Å². The number of nitrogens with zero attached hydrogens (tertiary/aromatic N) is 6. The molecule has 7 rings (SSSR count). The van der Waals surface area contributed by atoms with Gasteiger partial charge in [0.2, 0.25) is 17.8 Å². The van der Waals surface area contributed by atoms with Crippen LogP contribution < -0.4 is 10.2 Å². The van der Waals surface area contributed by atoms with E-state index in [9.17, 15) is 14.0 Å². The first kappa shape index (κ1) is 31.4. The molecule has 1 atom stereocenters. The molecule has 2 N–H and O–H groups in total. The van der Waals surface area contributed by atoms with Crippen molar-refractivity contribution in [2.45, 2.75) is 6.42 Å². The molecule has 5 heterocycles. The molecule has 2 fully saturated rings. The highest BCUT2D eigenvalue weighted by Gasteiger charge is 2.45. The monoisotopic (exact) mass is 648 g/mol. The van der Waals surface area contributed by atoms with E-state index in [0.717, 1.165) is 40.9 Å². The van der Waals surface area contributed by atoms with E-state index in [-0.39, 0.29) is 25.0 Å². The van der Waals surface area contributed by atoms with E-state index in [1.165, 1.54) is 12.3 Å². The predicted octanol–water partition coefficient (Wildman–Crippen LogP) is 4.45. The summed E-state index contributed by atoms with van der Waals surface area (Å²) in [5.41, 5.74) is 4.85. The van der Waals surface area contributed by atoms with Gasteiger partial charge in [-0.2, -0.15) is 9.49 Å². The van der Waals surface area contributed by atoms with Gasteiger partial charge in [0.25, 0.3) is 0 Å². The van der Waals surface area contributed by atoms with E-state index in [0.29, 0.717) is 49.5 Å². The van der Waals surface area contributed by atoms with E-state index >= 15 is 0 Å². The molecule has 0 spiro atoms. The largest absolute Gasteiger partial charge is 0.384 e. The molecule has 246 valence electrons. The third kappa shape index (κ3) is 6.49. The summed E-state index contributed by atoms with van der Waals surface area (Å²) in [4.78, 5) is 41.5. The maximum atomic E-state index is 13.8. The Hall–Kier alpha value is -5.20. The first-order valence-electron chi connectivity index (χ1n) is 16.1. The van der Waals surface area contributed by atoms with Gasteiger partial charge >= 0.3 is 0 Å².